The molecule has 0 radical (unpaired) electrons. The Bertz CT molecular complexity index is 660. The SMILES string of the molecule is CN(c1ccc(C(=O)OC(C)(C)C)cc1)c1cccc(F)c1. The molecule has 0 N–H and O–H groups in total. The normalized spacial score (nSPS) is 11.1. The van der Waals surface area contributed by atoms with E-state index in [1.165, 1.54) is 12.1 Å². The Morgan fingerprint density at radius 1 is 1.05 bits per heavy atom. The van der Waals surface area contributed by atoms with Crippen LogP contribution < -0.4 is 4.90 Å². The van der Waals surface area contributed by atoms with Crippen LogP contribution in [-0.2, 0) is 4.74 Å². The summed E-state index contributed by atoms with van der Waals surface area (Å²) >= 11 is 0. The highest BCUT2D eigenvalue weighted by Crippen LogP contribution is 2.24. The molecule has 0 saturated heterocycles. The lowest BCUT2D eigenvalue weighted by molar-refractivity contribution is 0.00696. The molecule has 2 rings (SSSR count). The summed E-state index contributed by atoms with van der Waals surface area (Å²) in [6, 6.07) is 13.4. The highest BCUT2D eigenvalue weighted by atomic mass is 19.1. The summed E-state index contributed by atoms with van der Waals surface area (Å²) in [5.74, 6) is -0.637. The van der Waals surface area contributed by atoms with Gasteiger partial charge in [0.1, 0.15) is 11.4 Å². The van der Waals surface area contributed by atoms with Crippen LogP contribution in [0.3, 0.4) is 0 Å². The molecule has 0 aromatic heterocycles. The maximum Gasteiger partial charge on any atom is 0.338 e. The van der Waals surface area contributed by atoms with Crippen LogP contribution in [0.1, 0.15) is 31.1 Å². The number of carbonyl (C=O) groups excluding carboxylic acids is 1. The van der Waals surface area contributed by atoms with E-state index in [1.54, 1.807) is 18.2 Å². The molecule has 0 aliphatic carbocycles. The Kier molecular flexibility index (Phi) is 4.50. The second-order valence-electron chi connectivity index (χ2n) is 6.09. The molecule has 0 bridgehead atoms. The summed E-state index contributed by atoms with van der Waals surface area (Å²) < 4.78 is 18.6. The van der Waals surface area contributed by atoms with Gasteiger partial charge in [-0.05, 0) is 63.2 Å². The predicted octanol–water partition coefficient (Wildman–Crippen LogP) is 4.55. The van der Waals surface area contributed by atoms with Gasteiger partial charge >= 0.3 is 5.97 Å². The largest absolute Gasteiger partial charge is 0.456 e. The van der Waals surface area contributed by atoms with Crippen LogP contribution >= 0.6 is 0 Å². The first-order chi connectivity index (χ1) is 10.3. The van der Waals surface area contributed by atoms with E-state index in [0.717, 1.165) is 11.4 Å². The molecular weight excluding hydrogens is 281 g/mol. The number of ether oxygens (including phenoxy) is 1. The minimum atomic E-state index is -0.520. The van der Waals surface area contributed by atoms with E-state index in [4.69, 9.17) is 4.74 Å². The van der Waals surface area contributed by atoms with Crippen molar-refractivity contribution in [2.24, 2.45) is 0 Å². The van der Waals surface area contributed by atoms with Crippen LogP contribution in [0.5, 0.6) is 0 Å². The third-order valence-corrected chi connectivity index (χ3v) is 3.08. The van der Waals surface area contributed by atoms with E-state index in [-0.39, 0.29) is 11.8 Å². The number of anilines is 2. The van der Waals surface area contributed by atoms with Gasteiger partial charge in [0.15, 0.2) is 0 Å². The topological polar surface area (TPSA) is 29.5 Å². The van der Waals surface area contributed by atoms with Gasteiger partial charge < -0.3 is 9.64 Å². The molecule has 2 aromatic carbocycles. The second-order valence-corrected chi connectivity index (χ2v) is 6.09. The van der Waals surface area contributed by atoms with Crippen LogP contribution in [0.2, 0.25) is 0 Å². The Labute approximate surface area is 130 Å². The number of nitrogens with zero attached hydrogens (tertiary/aromatic N) is 1. The van der Waals surface area contributed by atoms with Gasteiger partial charge in [-0.1, -0.05) is 6.07 Å². The average molecular weight is 301 g/mol. The molecule has 4 heteroatoms. The summed E-state index contributed by atoms with van der Waals surface area (Å²) in [7, 11) is 1.84. The van der Waals surface area contributed by atoms with Crippen molar-refractivity contribution in [2.75, 3.05) is 11.9 Å². The molecule has 0 atom stereocenters. The zero-order valence-electron chi connectivity index (χ0n) is 13.3. The average Bonchev–Trinajstić information content (AvgIpc) is 2.45. The minimum absolute atomic E-state index is 0.283. The molecule has 0 heterocycles. The molecular formula is C18H20FNO2. The van der Waals surface area contributed by atoms with E-state index in [0.29, 0.717) is 5.56 Å². The lowest BCUT2D eigenvalue weighted by Gasteiger charge is -2.21. The monoisotopic (exact) mass is 301 g/mol. The van der Waals surface area contributed by atoms with Gasteiger partial charge in [0.25, 0.3) is 0 Å². The molecule has 0 unspecified atom stereocenters. The predicted molar refractivity (Wildman–Crippen MR) is 86.1 cm³/mol. The number of halogens is 1. The van der Waals surface area contributed by atoms with Gasteiger partial charge in [-0.25, -0.2) is 9.18 Å². The van der Waals surface area contributed by atoms with E-state index in [9.17, 15) is 9.18 Å². The number of hydrogen-bond acceptors (Lipinski definition) is 3. The van der Waals surface area contributed by atoms with Crippen molar-refractivity contribution in [1.82, 2.24) is 0 Å². The zero-order valence-corrected chi connectivity index (χ0v) is 13.3. The lowest BCUT2D eigenvalue weighted by atomic mass is 10.1. The molecule has 0 amide bonds. The van der Waals surface area contributed by atoms with E-state index in [2.05, 4.69) is 0 Å². The van der Waals surface area contributed by atoms with E-state index in [1.807, 2.05) is 50.9 Å². The van der Waals surface area contributed by atoms with Crippen molar-refractivity contribution >= 4 is 17.3 Å². The maximum absolute atomic E-state index is 13.3. The molecule has 22 heavy (non-hydrogen) atoms. The second kappa shape index (κ2) is 6.18. The van der Waals surface area contributed by atoms with Gasteiger partial charge in [-0.15, -0.1) is 0 Å². The van der Waals surface area contributed by atoms with Crippen LogP contribution in [0.4, 0.5) is 15.8 Å². The van der Waals surface area contributed by atoms with Crippen molar-refractivity contribution in [2.45, 2.75) is 26.4 Å². The van der Waals surface area contributed by atoms with Gasteiger partial charge in [0, 0.05) is 18.4 Å². The number of benzene rings is 2. The molecule has 0 saturated carbocycles. The van der Waals surface area contributed by atoms with Crippen molar-refractivity contribution < 1.29 is 13.9 Å². The summed E-state index contributed by atoms with van der Waals surface area (Å²) in [5, 5.41) is 0. The summed E-state index contributed by atoms with van der Waals surface area (Å²) in [6.07, 6.45) is 0. The Morgan fingerprint density at radius 3 is 2.23 bits per heavy atom. The smallest absolute Gasteiger partial charge is 0.338 e. The molecule has 0 fully saturated rings. The van der Waals surface area contributed by atoms with Crippen molar-refractivity contribution in [3.63, 3.8) is 0 Å². The fourth-order valence-electron chi connectivity index (χ4n) is 1.99. The standard InChI is InChI=1S/C18H20FNO2/c1-18(2,3)22-17(21)13-8-10-15(11-9-13)20(4)16-7-5-6-14(19)12-16/h5-12H,1-4H3. The van der Waals surface area contributed by atoms with Crippen LogP contribution in [0.15, 0.2) is 48.5 Å². The number of hydrogen-bond donors (Lipinski definition) is 0. The number of rotatable bonds is 3. The summed E-state index contributed by atoms with van der Waals surface area (Å²) in [5.41, 5.74) is 1.57. The quantitative estimate of drug-likeness (QED) is 0.779. The fourth-order valence-corrected chi connectivity index (χ4v) is 1.99. The third kappa shape index (κ3) is 4.07. The van der Waals surface area contributed by atoms with E-state index >= 15 is 0 Å². The van der Waals surface area contributed by atoms with Crippen molar-refractivity contribution in [3.05, 3.63) is 59.9 Å². The van der Waals surface area contributed by atoms with Crippen molar-refractivity contribution in [3.8, 4) is 0 Å². The first-order valence-electron chi connectivity index (χ1n) is 7.09. The zero-order chi connectivity index (χ0) is 16.3. The third-order valence-electron chi connectivity index (χ3n) is 3.08. The maximum atomic E-state index is 13.3. The lowest BCUT2D eigenvalue weighted by Crippen LogP contribution is -2.23. The van der Waals surface area contributed by atoms with Crippen LogP contribution in [0.25, 0.3) is 0 Å². The Balaban J connectivity index is 2.16. The molecule has 2 aromatic rings. The first-order valence-corrected chi connectivity index (χ1v) is 7.09. The number of carbonyl (C=O) groups is 1. The number of esters is 1. The van der Waals surface area contributed by atoms with Gasteiger partial charge in [-0.3, -0.25) is 0 Å². The minimum Gasteiger partial charge on any atom is -0.456 e. The van der Waals surface area contributed by atoms with Gasteiger partial charge in [-0.2, -0.15) is 0 Å². The van der Waals surface area contributed by atoms with Gasteiger partial charge in [0.2, 0.25) is 0 Å². The van der Waals surface area contributed by atoms with Gasteiger partial charge in [0.05, 0.1) is 5.56 Å². The van der Waals surface area contributed by atoms with Crippen LogP contribution in [-0.4, -0.2) is 18.6 Å². The summed E-state index contributed by atoms with van der Waals surface area (Å²) in [6.45, 7) is 5.49. The Hall–Kier alpha value is -2.36. The molecule has 116 valence electrons. The summed E-state index contributed by atoms with van der Waals surface area (Å²) in [4.78, 5) is 13.8. The first kappa shape index (κ1) is 16.0. The fraction of sp³-hybridized carbons (Fsp3) is 0.278. The highest BCUT2D eigenvalue weighted by molar-refractivity contribution is 5.90. The van der Waals surface area contributed by atoms with Crippen LogP contribution in [0, 0.1) is 5.82 Å². The van der Waals surface area contributed by atoms with Crippen molar-refractivity contribution in [1.29, 1.82) is 0 Å². The Morgan fingerprint density at radius 2 is 1.68 bits per heavy atom. The molecule has 0 aliphatic heterocycles. The molecule has 0 spiro atoms. The highest BCUT2D eigenvalue weighted by Gasteiger charge is 2.17. The molecule has 0 aliphatic rings. The van der Waals surface area contributed by atoms with E-state index < -0.39 is 5.60 Å². The molecule has 3 nitrogen and oxygen atoms in total.